The van der Waals surface area contributed by atoms with Gasteiger partial charge in [0.25, 0.3) is 0 Å². The molecular weight excluding hydrogens is 146 g/mol. The third-order valence-electron chi connectivity index (χ3n) is 2.15. The molecule has 0 aliphatic carbocycles. The second-order valence-electron chi connectivity index (χ2n) is 3.18. The molecule has 0 amide bonds. The van der Waals surface area contributed by atoms with E-state index in [-0.39, 0.29) is 5.92 Å². The Kier molecular flexibility index (Phi) is 2.84. The molecule has 0 radical (unpaired) electrons. The summed E-state index contributed by atoms with van der Waals surface area (Å²) in [6, 6.07) is 0. The van der Waals surface area contributed by atoms with E-state index in [4.69, 9.17) is 0 Å². The quantitative estimate of drug-likeness (QED) is 0.342. The lowest BCUT2D eigenvalue weighted by Gasteiger charge is -2.21. The van der Waals surface area contributed by atoms with Crippen LogP contribution in [-0.2, 0) is 0 Å². The topological polar surface area (TPSA) is 72.7 Å². The lowest BCUT2D eigenvalue weighted by molar-refractivity contribution is -0.0647. The van der Waals surface area contributed by atoms with Crippen LogP contribution in [0.5, 0.6) is 0 Å². The standard InChI is InChI=1S/C7H15NO3/c1-4-2-8-3-5(9)7(11)6(4)10/h4-11H,2-3H2,1H3/t4-,5+,6-,7-/m0/s1. The summed E-state index contributed by atoms with van der Waals surface area (Å²) in [4.78, 5) is 0. The Morgan fingerprint density at radius 3 is 2.36 bits per heavy atom. The molecule has 1 saturated heterocycles. The molecule has 0 unspecified atom stereocenters. The molecule has 0 aromatic rings. The van der Waals surface area contributed by atoms with E-state index in [1.807, 2.05) is 6.92 Å². The van der Waals surface area contributed by atoms with Crippen LogP contribution in [0.4, 0.5) is 0 Å². The highest BCUT2D eigenvalue weighted by Crippen LogP contribution is 2.12. The first-order chi connectivity index (χ1) is 5.13. The van der Waals surface area contributed by atoms with Gasteiger partial charge in [-0.15, -0.1) is 0 Å². The smallest absolute Gasteiger partial charge is 0.107 e. The Balaban J connectivity index is 2.58. The second kappa shape index (κ2) is 3.49. The molecule has 0 saturated carbocycles. The van der Waals surface area contributed by atoms with Gasteiger partial charge < -0.3 is 20.6 Å². The van der Waals surface area contributed by atoms with Crippen molar-refractivity contribution in [1.82, 2.24) is 5.32 Å². The van der Waals surface area contributed by atoms with Crippen LogP contribution in [0.3, 0.4) is 0 Å². The number of β-amino-alcohol motifs (C(OH)–C–C–N with tert-alkyl or cyclic N) is 1. The summed E-state index contributed by atoms with van der Waals surface area (Å²) in [6.07, 6.45) is -2.69. The van der Waals surface area contributed by atoms with Crippen LogP contribution in [0.15, 0.2) is 0 Å². The van der Waals surface area contributed by atoms with Gasteiger partial charge in [0.2, 0.25) is 0 Å². The van der Waals surface area contributed by atoms with Gasteiger partial charge in [0.05, 0.1) is 12.2 Å². The van der Waals surface area contributed by atoms with E-state index >= 15 is 0 Å². The molecule has 0 aromatic carbocycles. The van der Waals surface area contributed by atoms with Crippen LogP contribution >= 0.6 is 0 Å². The zero-order valence-corrected chi connectivity index (χ0v) is 6.57. The maximum Gasteiger partial charge on any atom is 0.107 e. The van der Waals surface area contributed by atoms with Gasteiger partial charge in [-0.25, -0.2) is 0 Å². The Labute approximate surface area is 65.9 Å². The number of aliphatic hydroxyl groups excluding tert-OH is 3. The molecule has 4 nitrogen and oxygen atoms in total. The van der Waals surface area contributed by atoms with Crippen molar-refractivity contribution in [3.63, 3.8) is 0 Å². The van der Waals surface area contributed by atoms with Crippen molar-refractivity contribution in [1.29, 1.82) is 0 Å². The number of rotatable bonds is 0. The van der Waals surface area contributed by atoms with Crippen LogP contribution in [0.2, 0.25) is 0 Å². The van der Waals surface area contributed by atoms with Gasteiger partial charge >= 0.3 is 0 Å². The minimum Gasteiger partial charge on any atom is -0.390 e. The molecule has 1 rings (SSSR count). The number of nitrogens with one attached hydrogen (secondary N) is 1. The Morgan fingerprint density at radius 2 is 1.73 bits per heavy atom. The van der Waals surface area contributed by atoms with Crippen LogP contribution < -0.4 is 5.32 Å². The van der Waals surface area contributed by atoms with Gasteiger partial charge in [-0.1, -0.05) is 6.92 Å². The number of hydrogen-bond donors (Lipinski definition) is 4. The molecule has 11 heavy (non-hydrogen) atoms. The minimum absolute atomic E-state index is 0.0119. The molecule has 4 N–H and O–H groups in total. The van der Waals surface area contributed by atoms with E-state index in [1.54, 1.807) is 0 Å². The SMILES string of the molecule is C[C@H]1CNC[C@@H](O)[C@H](O)[C@H]1O. The van der Waals surface area contributed by atoms with Gasteiger partial charge in [0.1, 0.15) is 6.10 Å². The Morgan fingerprint density at radius 1 is 1.09 bits per heavy atom. The maximum atomic E-state index is 9.35. The van der Waals surface area contributed by atoms with Gasteiger partial charge in [-0.2, -0.15) is 0 Å². The van der Waals surface area contributed by atoms with Gasteiger partial charge in [-0.3, -0.25) is 0 Å². The molecule has 1 heterocycles. The maximum absolute atomic E-state index is 9.35. The summed E-state index contributed by atoms with van der Waals surface area (Å²) < 4.78 is 0. The third-order valence-corrected chi connectivity index (χ3v) is 2.15. The van der Waals surface area contributed by atoms with Crippen LogP contribution in [0, 0.1) is 5.92 Å². The van der Waals surface area contributed by atoms with Crippen molar-refractivity contribution in [3.05, 3.63) is 0 Å². The molecule has 4 atom stereocenters. The van der Waals surface area contributed by atoms with E-state index in [1.165, 1.54) is 0 Å². The second-order valence-corrected chi connectivity index (χ2v) is 3.18. The molecule has 1 aliphatic rings. The predicted octanol–water partition coefficient (Wildman–Crippen LogP) is -1.69. The van der Waals surface area contributed by atoms with Crippen molar-refractivity contribution >= 4 is 0 Å². The minimum atomic E-state index is -1.01. The molecule has 0 bridgehead atoms. The average Bonchev–Trinajstić information content (AvgIpc) is 2.07. The highest BCUT2D eigenvalue weighted by Gasteiger charge is 2.31. The zero-order chi connectivity index (χ0) is 8.43. The fraction of sp³-hybridized carbons (Fsp3) is 1.00. The van der Waals surface area contributed by atoms with Gasteiger partial charge in [-0.05, 0) is 5.92 Å². The lowest BCUT2D eigenvalue weighted by Crippen LogP contribution is -2.40. The van der Waals surface area contributed by atoms with Crippen molar-refractivity contribution in [2.75, 3.05) is 13.1 Å². The van der Waals surface area contributed by atoms with E-state index in [2.05, 4.69) is 5.32 Å². The highest BCUT2D eigenvalue weighted by atomic mass is 16.4. The predicted molar refractivity (Wildman–Crippen MR) is 40.1 cm³/mol. The lowest BCUT2D eigenvalue weighted by atomic mass is 9.99. The van der Waals surface area contributed by atoms with Crippen molar-refractivity contribution in [3.8, 4) is 0 Å². The molecule has 1 fully saturated rings. The normalized spacial score (nSPS) is 46.9. The molecular formula is C7H15NO3. The summed E-state index contributed by atoms with van der Waals surface area (Å²) in [5.41, 5.74) is 0. The Hall–Kier alpha value is -0.160. The summed E-state index contributed by atoms with van der Waals surface area (Å²) in [5.74, 6) is -0.0119. The van der Waals surface area contributed by atoms with Gasteiger partial charge in [0.15, 0.2) is 0 Å². The summed E-state index contributed by atoms with van der Waals surface area (Å²) in [7, 11) is 0. The molecule has 4 heteroatoms. The van der Waals surface area contributed by atoms with E-state index in [9.17, 15) is 15.3 Å². The molecule has 1 aliphatic heterocycles. The molecule has 0 aromatic heterocycles. The fourth-order valence-electron chi connectivity index (χ4n) is 1.26. The summed E-state index contributed by atoms with van der Waals surface area (Å²) in [5, 5.41) is 30.7. The van der Waals surface area contributed by atoms with Gasteiger partial charge in [0, 0.05) is 13.1 Å². The summed E-state index contributed by atoms with van der Waals surface area (Å²) in [6.45, 7) is 2.82. The number of aliphatic hydroxyl groups is 3. The Bertz CT molecular complexity index is 117. The van der Waals surface area contributed by atoms with Crippen LogP contribution in [0.1, 0.15) is 6.92 Å². The summed E-state index contributed by atoms with van der Waals surface area (Å²) >= 11 is 0. The largest absolute Gasteiger partial charge is 0.390 e. The zero-order valence-electron chi connectivity index (χ0n) is 6.57. The monoisotopic (exact) mass is 161 g/mol. The highest BCUT2D eigenvalue weighted by molar-refractivity contribution is 4.84. The number of hydrogen-bond acceptors (Lipinski definition) is 4. The molecule has 0 spiro atoms. The molecule has 66 valence electrons. The van der Waals surface area contributed by atoms with Crippen molar-refractivity contribution < 1.29 is 15.3 Å². The van der Waals surface area contributed by atoms with E-state index in [0.717, 1.165) is 0 Å². The van der Waals surface area contributed by atoms with Crippen molar-refractivity contribution in [2.45, 2.75) is 25.2 Å². The van der Waals surface area contributed by atoms with E-state index < -0.39 is 18.3 Å². The fourth-order valence-corrected chi connectivity index (χ4v) is 1.26. The van der Waals surface area contributed by atoms with Crippen LogP contribution in [0.25, 0.3) is 0 Å². The van der Waals surface area contributed by atoms with E-state index in [0.29, 0.717) is 13.1 Å². The average molecular weight is 161 g/mol. The van der Waals surface area contributed by atoms with Crippen molar-refractivity contribution in [2.24, 2.45) is 5.92 Å². The first-order valence-electron chi connectivity index (χ1n) is 3.88. The first-order valence-corrected chi connectivity index (χ1v) is 3.88. The third kappa shape index (κ3) is 1.90. The van der Waals surface area contributed by atoms with Crippen LogP contribution in [-0.4, -0.2) is 46.7 Å². The first kappa shape index (κ1) is 8.93.